The highest BCUT2D eigenvalue weighted by molar-refractivity contribution is 7.23. The molecule has 0 spiro atoms. The van der Waals surface area contributed by atoms with Crippen LogP contribution in [0.4, 0.5) is 0 Å². The molecule has 4 aromatic heterocycles. The van der Waals surface area contributed by atoms with Crippen molar-refractivity contribution in [3.63, 3.8) is 0 Å². The van der Waals surface area contributed by atoms with E-state index in [-0.39, 0.29) is 35.5 Å². The topological polar surface area (TPSA) is 101 Å². The predicted molar refractivity (Wildman–Crippen MR) is 394 cm³/mol. The highest BCUT2D eigenvalue weighted by Crippen LogP contribution is 2.51. The number of imide groups is 2. The van der Waals surface area contributed by atoms with Crippen molar-refractivity contribution in [3.8, 4) is 10.4 Å². The van der Waals surface area contributed by atoms with Gasteiger partial charge in [0.05, 0.1) is 22.2 Å². The lowest BCUT2D eigenvalue weighted by Gasteiger charge is -2.33. The van der Waals surface area contributed by atoms with Gasteiger partial charge in [0.25, 0.3) is 23.6 Å². The Morgan fingerprint density at radius 3 is 1.09 bits per heavy atom. The number of carbonyl (C=O) groups is 4. The molecule has 0 N–H and O–H groups in total. The number of nitrogens with zero attached hydrogens (tertiary/aromatic N) is 4. The van der Waals surface area contributed by atoms with Crippen LogP contribution in [-0.4, -0.2) is 56.5 Å². The molecule has 0 saturated heterocycles. The first-order valence-corrected chi connectivity index (χ1v) is 39.3. The number of carbonyl (C=O) groups excluding carboxylic acids is 4. The summed E-state index contributed by atoms with van der Waals surface area (Å²) in [5.74, 6) is -0.566. The van der Waals surface area contributed by atoms with Crippen LogP contribution < -0.4 is 0 Å². The fourth-order valence-electron chi connectivity index (χ4n) is 15.9. The molecular formula is C82H112N4O4S2. The number of hydrogen-bond donors (Lipinski definition) is 0. The Hall–Kier alpha value is -5.32. The molecule has 6 heterocycles. The van der Waals surface area contributed by atoms with Crippen LogP contribution in [0, 0.1) is 25.7 Å². The van der Waals surface area contributed by atoms with Crippen LogP contribution in [0.15, 0.2) is 48.8 Å². The first-order valence-electron chi connectivity index (χ1n) is 37.7. The fourth-order valence-corrected chi connectivity index (χ4v) is 18.0. The van der Waals surface area contributed by atoms with Gasteiger partial charge in [0.2, 0.25) is 0 Å². The minimum Gasteiger partial charge on any atom is -0.274 e. The number of benzene rings is 4. The van der Waals surface area contributed by atoms with Crippen LogP contribution >= 0.6 is 22.7 Å². The van der Waals surface area contributed by atoms with Crippen molar-refractivity contribution >= 4 is 110 Å². The molecule has 10 heteroatoms. The van der Waals surface area contributed by atoms with Gasteiger partial charge in [-0.1, -0.05) is 259 Å². The van der Waals surface area contributed by atoms with Crippen molar-refractivity contribution in [2.45, 2.75) is 298 Å². The molecule has 0 aliphatic carbocycles. The summed E-state index contributed by atoms with van der Waals surface area (Å²) in [5.41, 5.74) is 5.03. The Kier molecular flexibility index (Phi) is 26.4. The molecule has 92 heavy (non-hydrogen) atoms. The van der Waals surface area contributed by atoms with Gasteiger partial charge in [-0.3, -0.25) is 38.9 Å². The summed E-state index contributed by atoms with van der Waals surface area (Å²) in [4.78, 5) is 77.9. The summed E-state index contributed by atoms with van der Waals surface area (Å²) in [5, 5.41) is 6.75. The molecular weight excluding hydrogens is 1170 g/mol. The average molecular weight is 1280 g/mol. The van der Waals surface area contributed by atoms with Crippen LogP contribution in [-0.2, 0) is 0 Å². The monoisotopic (exact) mass is 1280 g/mol. The van der Waals surface area contributed by atoms with Crippen LogP contribution in [0.5, 0.6) is 0 Å². The van der Waals surface area contributed by atoms with E-state index in [0.29, 0.717) is 57.1 Å². The van der Waals surface area contributed by atoms with E-state index in [4.69, 9.17) is 9.97 Å². The van der Waals surface area contributed by atoms with Crippen LogP contribution in [0.1, 0.15) is 336 Å². The van der Waals surface area contributed by atoms with E-state index in [1.165, 1.54) is 220 Å². The zero-order valence-corrected chi connectivity index (χ0v) is 59.3. The molecule has 0 radical (unpaired) electrons. The Morgan fingerprint density at radius 2 is 0.674 bits per heavy atom. The number of amides is 4. The summed E-state index contributed by atoms with van der Waals surface area (Å²) in [6, 6.07) is 13.2. The van der Waals surface area contributed by atoms with Gasteiger partial charge < -0.3 is 0 Å². The van der Waals surface area contributed by atoms with Crippen molar-refractivity contribution in [1.82, 2.24) is 19.8 Å². The summed E-state index contributed by atoms with van der Waals surface area (Å²) in [6.45, 7) is 14.1. The Bertz CT molecular complexity index is 3690. The van der Waals surface area contributed by atoms with Gasteiger partial charge in [-0.25, -0.2) is 0 Å². The van der Waals surface area contributed by atoms with Crippen LogP contribution in [0.2, 0.25) is 0 Å². The number of hydrogen-bond acceptors (Lipinski definition) is 8. The van der Waals surface area contributed by atoms with Crippen molar-refractivity contribution in [3.05, 3.63) is 81.5 Å². The van der Waals surface area contributed by atoms with Gasteiger partial charge in [-0.2, -0.15) is 0 Å². The highest BCUT2D eigenvalue weighted by Gasteiger charge is 2.40. The number of aryl methyl sites for hydroxylation is 2. The minimum atomic E-state index is -0.271. The zero-order chi connectivity index (χ0) is 64.3. The lowest BCUT2D eigenvalue weighted by atomic mass is 9.82. The van der Waals surface area contributed by atoms with Crippen molar-refractivity contribution in [1.29, 1.82) is 0 Å². The molecule has 2 unspecified atom stereocenters. The number of fused-ring (bicyclic) bond motifs is 4. The molecule has 0 saturated carbocycles. The molecule has 8 aromatic rings. The largest absolute Gasteiger partial charge is 0.274 e. The second-order valence-electron chi connectivity index (χ2n) is 28.5. The molecule has 10 rings (SSSR count). The van der Waals surface area contributed by atoms with E-state index >= 15 is 19.2 Å². The highest BCUT2D eigenvalue weighted by atomic mass is 32.1. The predicted octanol–water partition coefficient (Wildman–Crippen LogP) is 25.3. The smallest absolute Gasteiger partial charge is 0.262 e. The third-order valence-corrected chi connectivity index (χ3v) is 23.3. The summed E-state index contributed by atoms with van der Waals surface area (Å²) in [6.07, 6.45) is 53.0. The molecule has 2 atom stereocenters. The Labute approximate surface area is 560 Å². The quantitative estimate of drug-likeness (QED) is 0.0163. The molecule has 0 bridgehead atoms. The van der Waals surface area contributed by atoms with Crippen molar-refractivity contribution in [2.75, 3.05) is 13.1 Å². The number of aromatic nitrogens is 2. The van der Waals surface area contributed by atoms with Gasteiger partial charge in [-0.15, -0.1) is 22.7 Å². The third kappa shape index (κ3) is 16.7. The Balaban J connectivity index is 0.984. The van der Waals surface area contributed by atoms with E-state index in [9.17, 15) is 0 Å². The number of pyridine rings is 2. The first-order chi connectivity index (χ1) is 45.1. The van der Waals surface area contributed by atoms with Crippen LogP contribution in [0.25, 0.3) is 74.0 Å². The summed E-state index contributed by atoms with van der Waals surface area (Å²) in [7, 11) is 0. The van der Waals surface area contributed by atoms with E-state index < -0.39 is 0 Å². The maximum Gasteiger partial charge on any atom is 0.262 e. The van der Waals surface area contributed by atoms with E-state index in [2.05, 4.69) is 65.0 Å². The molecule has 496 valence electrons. The van der Waals surface area contributed by atoms with Gasteiger partial charge in [0.1, 0.15) is 0 Å². The molecule has 2 aliphatic heterocycles. The lowest BCUT2D eigenvalue weighted by molar-refractivity contribution is 0.0562. The third-order valence-electron chi connectivity index (χ3n) is 21.2. The fraction of sp³-hybridized carbons (Fsp3) is 0.610. The first kappa shape index (κ1) is 69.5. The standard InChI is InChI=1S/C82H112N4O4S2/c1-7-11-15-19-23-27-29-33-37-41-44-59(43-39-35-31-25-21-17-13-9-3)55-85-79(87)64-47-57(5)71-75-72(64)66(81(85)89)54-84-78(75)74-63(70-51-62-50-68-61(48-58(6)91-68)49-69(62)92-70)52-65-73-67(53-83-77(71)76(73)74)82(90)86(80(65)88)56-60(45-40-36-32-26-22-18-14-10-4)46-42-38-34-30-28-24-20-16-12-8-2/h47-54,59-60H,7-46,55-56H2,1-6H3. The van der Waals surface area contributed by atoms with Gasteiger partial charge in [0.15, 0.2) is 0 Å². The number of rotatable bonds is 45. The molecule has 2 aliphatic rings. The van der Waals surface area contributed by atoms with Gasteiger partial charge >= 0.3 is 0 Å². The lowest BCUT2D eigenvalue weighted by Crippen LogP contribution is -2.43. The van der Waals surface area contributed by atoms with E-state index in [1.54, 1.807) is 44.9 Å². The number of thiophene rings is 2. The minimum absolute atomic E-state index is 0.212. The van der Waals surface area contributed by atoms with Gasteiger partial charge in [0, 0.05) is 93.6 Å². The SMILES string of the molecule is CCCCCCCCCCCCC(CCCCCCCCCC)CN1C(=O)c2cnc3c4c(-c5cc6cc7sc(C)cc7cc6s5)cc5c6c(cnc(c7c(C)cc(c2c37)C1=O)c64)C(=O)N(CC(CCCCCCCCCC)CCCCCCCCCCCC)C5=O. The summed E-state index contributed by atoms with van der Waals surface area (Å²) < 4.78 is 2.39. The summed E-state index contributed by atoms with van der Waals surface area (Å²) >= 11 is 3.51. The van der Waals surface area contributed by atoms with Crippen molar-refractivity contribution in [2.24, 2.45) is 11.8 Å². The second kappa shape index (κ2) is 34.9. The second-order valence-corrected chi connectivity index (χ2v) is 30.9. The molecule has 0 fully saturated rings. The maximum absolute atomic E-state index is 15.7. The molecule has 4 amide bonds. The zero-order valence-electron chi connectivity index (χ0n) is 57.7. The maximum atomic E-state index is 15.7. The van der Waals surface area contributed by atoms with E-state index in [1.807, 2.05) is 13.0 Å². The number of unbranched alkanes of at least 4 members (excludes halogenated alkanes) is 32. The van der Waals surface area contributed by atoms with E-state index in [0.717, 1.165) is 99.0 Å². The average Bonchev–Trinajstić information content (AvgIpc) is 0.946. The molecule has 8 nitrogen and oxygen atoms in total. The normalized spacial score (nSPS) is 14.2. The Morgan fingerprint density at radius 1 is 0.337 bits per heavy atom. The van der Waals surface area contributed by atoms with Crippen LogP contribution in [0.3, 0.4) is 0 Å². The van der Waals surface area contributed by atoms with Gasteiger partial charge in [-0.05, 0) is 104 Å². The molecule has 4 aromatic carbocycles. The van der Waals surface area contributed by atoms with Crippen molar-refractivity contribution < 1.29 is 19.2 Å².